The van der Waals surface area contributed by atoms with Gasteiger partial charge in [-0.3, -0.25) is 4.98 Å². The number of aromatic amines is 1. The fraction of sp³-hybridized carbons (Fsp3) is 0.273. The Morgan fingerprint density at radius 2 is 1.93 bits per heavy atom. The molecule has 0 amide bonds. The molecule has 28 heavy (non-hydrogen) atoms. The van der Waals surface area contributed by atoms with Crippen molar-refractivity contribution in [1.29, 1.82) is 0 Å². The van der Waals surface area contributed by atoms with Crippen molar-refractivity contribution in [1.82, 2.24) is 24.9 Å². The number of fused-ring (bicyclic) bond motifs is 1. The number of nitrogens with zero attached hydrogens (tertiary/aromatic N) is 4. The second kappa shape index (κ2) is 6.78. The Morgan fingerprint density at radius 3 is 2.68 bits per heavy atom. The maximum absolute atomic E-state index is 14.7. The molecule has 0 aliphatic heterocycles. The van der Waals surface area contributed by atoms with Gasteiger partial charge in [0.25, 0.3) is 0 Å². The summed E-state index contributed by atoms with van der Waals surface area (Å²) < 4.78 is 14.7. The van der Waals surface area contributed by atoms with E-state index >= 15 is 0 Å². The Balaban J connectivity index is 1.35. The quantitative estimate of drug-likeness (QED) is 0.531. The van der Waals surface area contributed by atoms with Crippen molar-refractivity contribution in [3.8, 4) is 0 Å². The van der Waals surface area contributed by atoms with Crippen LogP contribution in [0.2, 0.25) is 0 Å². The van der Waals surface area contributed by atoms with Gasteiger partial charge < -0.3 is 4.98 Å². The fourth-order valence-corrected chi connectivity index (χ4v) is 3.64. The molecule has 0 bridgehead atoms. The molecule has 0 spiro atoms. The zero-order valence-electron chi connectivity index (χ0n) is 15.6. The summed E-state index contributed by atoms with van der Waals surface area (Å²) in [6.45, 7) is 1.93. The molecule has 4 aromatic rings. The Kier molecular flexibility index (Phi) is 4.11. The molecule has 1 aliphatic carbocycles. The highest BCUT2D eigenvalue weighted by atomic mass is 19.1. The van der Waals surface area contributed by atoms with Crippen LogP contribution in [0, 0.1) is 12.9 Å². The Morgan fingerprint density at radius 1 is 1.04 bits per heavy atom. The number of hydrogen-bond acceptors (Lipinski definition) is 4. The van der Waals surface area contributed by atoms with Crippen LogP contribution in [0.4, 0.5) is 4.39 Å². The van der Waals surface area contributed by atoms with Crippen LogP contribution in [0.3, 0.4) is 0 Å². The standard InChI is InChI=1S/C22H20FN5/c1-13-20-17(11-25-22(20)27-12-26-13)9-16-5-6-18(28-21(16)23)8-14-2-7-19(24-10-14)15-3-4-15/h2,5-7,10-12,15H,3-4,8-9H2,1H3,(H,25,26,27). The molecule has 1 aliphatic rings. The van der Waals surface area contributed by atoms with Crippen molar-refractivity contribution < 1.29 is 4.39 Å². The van der Waals surface area contributed by atoms with Crippen molar-refractivity contribution in [2.45, 2.75) is 38.5 Å². The molecule has 0 saturated heterocycles. The minimum absolute atomic E-state index is 0.427. The second-order valence-corrected chi connectivity index (χ2v) is 7.47. The normalized spacial score (nSPS) is 13.9. The van der Waals surface area contributed by atoms with Gasteiger partial charge in [0.05, 0.1) is 5.69 Å². The van der Waals surface area contributed by atoms with E-state index < -0.39 is 5.95 Å². The Hall–Kier alpha value is -3.15. The van der Waals surface area contributed by atoms with Gasteiger partial charge in [0.15, 0.2) is 0 Å². The molecule has 1 fully saturated rings. The number of nitrogens with one attached hydrogen (secondary N) is 1. The summed E-state index contributed by atoms with van der Waals surface area (Å²) in [4.78, 5) is 20.3. The van der Waals surface area contributed by atoms with E-state index in [0.29, 0.717) is 30.0 Å². The molecule has 0 aromatic carbocycles. The maximum Gasteiger partial charge on any atom is 0.216 e. The van der Waals surface area contributed by atoms with Gasteiger partial charge in [-0.2, -0.15) is 4.39 Å². The summed E-state index contributed by atoms with van der Waals surface area (Å²) in [6, 6.07) is 7.87. The summed E-state index contributed by atoms with van der Waals surface area (Å²) in [6.07, 6.45) is 8.79. The highest BCUT2D eigenvalue weighted by molar-refractivity contribution is 5.82. The van der Waals surface area contributed by atoms with Crippen LogP contribution in [0.1, 0.15) is 52.5 Å². The van der Waals surface area contributed by atoms with Crippen molar-refractivity contribution in [3.63, 3.8) is 0 Å². The van der Waals surface area contributed by atoms with Crippen LogP contribution in [0.5, 0.6) is 0 Å². The smallest absolute Gasteiger partial charge is 0.216 e. The Bertz CT molecular complexity index is 1150. The number of pyridine rings is 2. The van der Waals surface area contributed by atoms with Crippen molar-refractivity contribution in [2.75, 3.05) is 0 Å². The highest BCUT2D eigenvalue weighted by Crippen LogP contribution is 2.38. The van der Waals surface area contributed by atoms with E-state index in [9.17, 15) is 4.39 Å². The number of rotatable bonds is 5. The number of hydrogen-bond donors (Lipinski definition) is 1. The predicted octanol–water partition coefficient (Wildman–Crippen LogP) is 4.25. The number of aromatic nitrogens is 5. The van der Waals surface area contributed by atoms with Gasteiger partial charge in [-0.15, -0.1) is 0 Å². The lowest BCUT2D eigenvalue weighted by molar-refractivity contribution is 0.565. The molecule has 0 atom stereocenters. The van der Waals surface area contributed by atoms with Gasteiger partial charge in [-0.25, -0.2) is 15.0 Å². The SMILES string of the molecule is Cc1ncnc2[nH]cc(Cc3ccc(Cc4ccc(C5CC5)nc4)nc3F)c12. The maximum atomic E-state index is 14.7. The minimum atomic E-state index is -0.427. The zero-order chi connectivity index (χ0) is 19.1. The fourth-order valence-electron chi connectivity index (χ4n) is 3.64. The molecule has 4 aromatic heterocycles. The third-order valence-electron chi connectivity index (χ3n) is 5.33. The largest absolute Gasteiger partial charge is 0.346 e. The molecule has 5 rings (SSSR count). The molecule has 5 nitrogen and oxygen atoms in total. The van der Waals surface area contributed by atoms with Gasteiger partial charge in [-0.1, -0.05) is 12.1 Å². The van der Waals surface area contributed by atoms with E-state index in [1.165, 1.54) is 19.2 Å². The lowest BCUT2D eigenvalue weighted by Crippen LogP contribution is -2.01. The van der Waals surface area contributed by atoms with Crippen molar-refractivity contribution in [3.05, 3.63) is 82.7 Å². The first-order valence-electron chi connectivity index (χ1n) is 9.54. The molecular formula is C22H20FN5. The monoisotopic (exact) mass is 373 g/mol. The molecular weight excluding hydrogens is 353 g/mol. The summed E-state index contributed by atoms with van der Waals surface area (Å²) in [5.41, 5.74) is 6.12. The van der Waals surface area contributed by atoms with E-state index in [0.717, 1.165) is 33.5 Å². The molecule has 0 radical (unpaired) electrons. The average molecular weight is 373 g/mol. The van der Waals surface area contributed by atoms with Crippen LogP contribution in [0.15, 0.2) is 43.0 Å². The second-order valence-electron chi connectivity index (χ2n) is 7.47. The van der Waals surface area contributed by atoms with E-state index in [-0.39, 0.29) is 0 Å². The third kappa shape index (κ3) is 3.26. The van der Waals surface area contributed by atoms with Crippen LogP contribution in [0.25, 0.3) is 11.0 Å². The number of aryl methyl sites for hydroxylation is 1. The lowest BCUT2D eigenvalue weighted by Gasteiger charge is -2.07. The van der Waals surface area contributed by atoms with Gasteiger partial charge in [0, 0.05) is 53.5 Å². The summed E-state index contributed by atoms with van der Waals surface area (Å²) in [5.74, 6) is 0.214. The molecule has 140 valence electrons. The molecule has 4 heterocycles. The summed E-state index contributed by atoms with van der Waals surface area (Å²) >= 11 is 0. The predicted molar refractivity (Wildman–Crippen MR) is 105 cm³/mol. The van der Waals surface area contributed by atoms with Crippen LogP contribution < -0.4 is 0 Å². The van der Waals surface area contributed by atoms with Gasteiger partial charge >= 0.3 is 0 Å². The topological polar surface area (TPSA) is 67.3 Å². The Labute approximate surface area is 162 Å². The van der Waals surface area contributed by atoms with Crippen LogP contribution >= 0.6 is 0 Å². The molecule has 6 heteroatoms. The summed E-state index contributed by atoms with van der Waals surface area (Å²) in [5, 5.41) is 0.952. The van der Waals surface area contributed by atoms with E-state index in [1.807, 2.05) is 31.5 Å². The summed E-state index contributed by atoms with van der Waals surface area (Å²) in [7, 11) is 0. The first-order valence-corrected chi connectivity index (χ1v) is 9.54. The van der Waals surface area contributed by atoms with Crippen LogP contribution in [-0.2, 0) is 12.8 Å². The van der Waals surface area contributed by atoms with E-state index in [1.54, 1.807) is 0 Å². The van der Waals surface area contributed by atoms with Crippen molar-refractivity contribution in [2.24, 2.45) is 0 Å². The molecule has 0 unspecified atom stereocenters. The van der Waals surface area contributed by atoms with Gasteiger partial charge in [0.2, 0.25) is 5.95 Å². The number of halogens is 1. The third-order valence-corrected chi connectivity index (χ3v) is 5.33. The highest BCUT2D eigenvalue weighted by Gasteiger charge is 2.24. The van der Waals surface area contributed by atoms with Crippen LogP contribution in [-0.4, -0.2) is 24.9 Å². The zero-order valence-corrected chi connectivity index (χ0v) is 15.6. The van der Waals surface area contributed by atoms with E-state index in [4.69, 9.17) is 0 Å². The molecule has 1 saturated carbocycles. The van der Waals surface area contributed by atoms with Gasteiger partial charge in [0.1, 0.15) is 12.0 Å². The van der Waals surface area contributed by atoms with Gasteiger partial charge in [-0.05, 0) is 43.0 Å². The average Bonchev–Trinajstić information content (AvgIpc) is 3.46. The first kappa shape index (κ1) is 17.0. The lowest BCUT2D eigenvalue weighted by atomic mass is 10.0. The first-order chi connectivity index (χ1) is 13.7. The van der Waals surface area contributed by atoms with E-state index in [2.05, 4.69) is 37.1 Å². The molecule has 1 N–H and O–H groups in total. The minimum Gasteiger partial charge on any atom is -0.346 e. The number of H-pyrrole nitrogens is 1. The van der Waals surface area contributed by atoms with Crippen molar-refractivity contribution >= 4 is 11.0 Å².